The third-order valence-corrected chi connectivity index (χ3v) is 6.02. The summed E-state index contributed by atoms with van der Waals surface area (Å²) in [6, 6.07) is 3.79. The van der Waals surface area contributed by atoms with Crippen LogP contribution >= 0.6 is 11.3 Å². The highest BCUT2D eigenvalue weighted by molar-refractivity contribution is 7.23. The second-order valence-corrected chi connectivity index (χ2v) is 7.73. The Balaban J connectivity index is 1.59. The number of benzene rings is 1. The van der Waals surface area contributed by atoms with Crippen molar-refractivity contribution in [2.75, 3.05) is 56.7 Å². The van der Waals surface area contributed by atoms with E-state index in [0.29, 0.717) is 50.0 Å². The maximum absolute atomic E-state index is 12.5. The van der Waals surface area contributed by atoms with E-state index in [0.717, 1.165) is 29.0 Å². The minimum atomic E-state index is -0.308. The van der Waals surface area contributed by atoms with Crippen LogP contribution in [0.5, 0.6) is 5.75 Å². The molecular weight excluding hydrogens is 368 g/mol. The van der Waals surface area contributed by atoms with Crippen LogP contribution in [-0.4, -0.2) is 73.6 Å². The molecule has 0 saturated carbocycles. The van der Waals surface area contributed by atoms with Gasteiger partial charge in [-0.3, -0.25) is 5.32 Å². The standard InChI is InChI=1S/C18H24N4O4S/c1-25-14-3-2-13(21-8-10-26-11-9-21)16-15(14)19-17(27-16)20-18(24)22-6-4-12(23)5-7-22/h2-3,12,23H,4-11H2,1H3,(H,19,20,24). The van der Waals surface area contributed by atoms with Crippen molar-refractivity contribution in [1.82, 2.24) is 9.88 Å². The first-order valence-corrected chi connectivity index (χ1v) is 10.0. The van der Waals surface area contributed by atoms with Gasteiger partial charge in [0.1, 0.15) is 11.3 Å². The van der Waals surface area contributed by atoms with E-state index < -0.39 is 0 Å². The second kappa shape index (κ2) is 7.87. The number of likely N-dealkylation sites (tertiary alicyclic amines) is 1. The van der Waals surface area contributed by atoms with Crippen LogP contribution in [0.25, 0.3) is 10.2 Å². The quantitative estimate of drug-likeness (QED) is 0.832. The number of ether oxygens (including phenoxy) is 2. The van der Waals surface area contributed by atoms with Gasteiger partial charge in [0.25, 0.3) is 0 Å². The normalized spacial score (nSPS) is 18.7. The number of nitrogens with one attached hydrogen (secondary N) is 1. The van der Waals surface area contributed by atoms with Gasteiger partial charge in [-0.25, -0.2) is 9.78 Å². The highest BCUT2D eigenvalue weighted by Gasteiger charge is 2.23. The van der Waals surface area contributed by atoms with E-state index in [1.54, 1.807) is 12.0 Å². The van der Waals surface area contributed by atoms with Gasteiger partial charge in [-0.05, 0) is 25.0 Å². The number of methoxy groups -OCH3 is 1. The highest BCUT2D eigenvalue weighted by atomic mass is 32.1. The molecule has 2 aliphatic rings. The summed E-state index contributed by atoms with van der Waals surface area (Å²) < 4.78 is 11.9. The Labute approximate surface area is 161 Å². The van der Waals surface area contributed by atoms with E-state index in [-0.39, 0.29) is 12.1 Å². The average Bonchev–Trinajstić information content (AvgIpc) is 3.11. The lowest BCUT2D eigenvalue weighted by molar-refractivity contribution is 0.0972. The van der Waals surface area contributed by atoms with Gasteiger partial charge in [-0.2, -0.15) is 0 Å². The Bertz CT molecular complexity index is 813. The van der Waals surface area contributed by atoms with Crippen LogP contribution in [0, 0.1) is 0 Å². The topological polar surface area (TPSA) is 87.2 Å². The fraction of sp³-hybridized carbons (Fsp3) is 0.556. The first kappa shape index (κ1) is 18.3. The van der Waals surface area contributed by atoms with Crippen LogP contribution in [0.15, 0.2) is 12.1 Å². The van der Waals surface area contributed by atoms with E-state index in [9.17, 15) is 9.90 Å². The van der Waals surface area contributed by atoms with E-state index >= 15 is 0 Å². The number of urea groups is 1. The molecule has 1 aromatic heterocycles. The third-order valence-electron chi connectivity index (χ3n) is 5.02. The summed E-state index contributed by atoms with van der Waals surface area (Å²) in [7, 11) is 1.62. The van der Waals surface area contributed by atoms with Crippen LogP contribution in [0.4, 0.5) is 15.6 Å². The molecule has 2 aliphatic heterocycles. The molecule has 2 N–H and O–H groups in total. The minimum absolute atomic E-state index is 0.173. The number of hydrogen-bond donors (Lipinski definition) is 2. The summed E-state index contributed by atoms with van der Waals surface area (Å²) in [5.74, 6) is 0.694. The number of anilines is 2. The highest BCUT2D eigenvalue weighted by Crippen LogP contribution is 2.39. The molecule has 2 amide bonds. The zero-order valence-electron chi connectivity index (χ0n) is 15.3. The van der Waals surface area contributed by atoms with Gasteiger partial charge >= 0.3 is 6.03 Å². The van der Waals surface area contributed by atoms with Gasteiger partial charge in [-0.1, -0.05) is 11.3 Å². The van der Waals surface area contributed by atoms with Crippen LogP contribution in [0.3, 0.4) is 0 Å². The number of piperidine rings is 1. The molecule has 8 nitrogen and oxygen atoms in total. The van der Waals surface area contributed by atoms with Crippen molar-refractivity contribution in [3.8, 4) is 5.75 Å². The predicted octanol–water partition coefficient (Wildman–Crippen LogP) is 2.13. The molecule has 2 saturated heterocycles. The molecule has 0 bridgehead atoms. The van der Waals surface area contributed by atoms with Gasteiger partial charge in [0.15, 0.2) is 5.13 Å². The number of carbonyl (C=O) groups is 1. The Kier molecular flexibility index (Phi) is 5.33. The zero-order chi connectivity index (χ0) is 18.8. The summed E-state index contributed by atoms with van der Waals surface area (Å²) in [4.78, 5) is 21.2. The maximum atomic E-state index is 12.5. The molecule has 146 valence electrons. The minimum Gasteiger partial charge on any atom is -0.494 e. The summed E-state index contributed by atoms with van der Waals surface area (Å²) in [5.41, 5.74) is 1.85. The smallest absolute Gasteiger partial charge is 0.323 e. The van der Waals surface area contributed by atoms with E-state index in [2.05, 4.69) is 15.2 Å². The first-order chi connectivity index (χ1) is 13.2. The second-order valence-electron chi connectivity index (χ2n) is 6.73. The number of thiazole rings is 1. The Morgan fingerprint density at radius 1 is 1.30 bits per heavy atom. The molecule has 0 radical (unpaired) electrons. The van der Waals surface area contributed by atoms with E-state index in [1.807, 2.05) is 12.1 Å². The molecule has 0 aliphatic carbocycles. The summed E-state index contributed by atoms with van der Waals surface area (Å²) in [6.45, 7) is 4.18. The molecule has 1 aromatic carbocycles. The number of amides is 2. The number of aliphatic hydroxyl groups excluding tert-OH is 1. The number of aromatic nitrogens is 1. The summed E-state index contributed by atoms with van der Waals surface area (Å²) in [5, 5.41) is 13.1. The lowest BCUT2D eigenvalue weighted by Gasteiger charge is -2.29. The molecule has 0 spiro atoms. The maximum Gasteiger partial charge on any atom is 0.323 e. The van der Waals surface area contributed by atoms with Crippen molar-refractivity contribution >= 4 is 38.4 Å². The molecule has 3 heterocycles. The van der Waals surface area contributed by atoms with Crippen molar-refractivity contribution in [3.63, 3.8) is 0 Å². The van der Waals surface area contributed by atoms with Gasteiger partial charge in [0.05, 0.1) is 36.8 Å². The Hall–Kier alpha value is -2.10. The monoisotopic (exact) mass is 392 g/mol. The number of nitrogens with zero attached hydrogens (tertiary/aromatic N) is 3. The molecule has 27 heavy (non-hydrogen) atoms. The fourth-order valence-electron chi connectivity index (χ4n) is 3.48. The van der Waals surface area contributed by atoms with Crippen LogP contribution in [0.1, 0.15) is 12.8 Å². The van der Waals surface area contributed by atoms with E-state index in [1.165, 1.54) is 11.3 Å². The number of morpholine rings is 1. The Morgan fingerprint density at radius 2 is 2.04 bits per heavy atom. The number of fused-ring (bicyclic) bond motifs is 1. The van der Waals surface area contributed by atoms with Gasteiger partial charge in [0.2, 0.25) is 0 Å². The molecule has 0 atom stereocenters. The van der Waals surface area contributed by atoms with Crippen molar-refractivity contribution in [2.45, 2.75) is 18.9 Å². The molecule has 4 rings (SSSR count). The lowest BCUT2D eigenvalue weighted by Crippen LogP contribution is -2.42. The number of carbonyl (C=O) groups excluding carboxylic acids is 1. The third kappa shape index (κ3) is 3.80. The van der Waals surface area contributed by atoms with Gasteiger partial charge < -0.3 is 24.4 Å². The molecule has 9 heteroatoms. The van der Waals surface area contributed by atoms with Crippen LogP contribution < -0.4 is 15.0 Å². The molecular formula is C18H24N4O4S. The fourth-order valence-corrected chi connectivity index (χ4v) is 4.49. The molecule has 2 fully saturated rings. The zero-order valence-corrected chi connectivity index (χ0v) is 16.1. The number of hydrogen-bond acceptors (Lipinski definition) is 7. The number of aliphatic hydroxyl groups is 1. The predicted molar refractivity (Wildman–Crippen MR) is 105 cm³/mol. The van der Waals surface area contributed by atoms with Gasteiger partial charge in [0, 0.05) is 26.2 Å². The van der Waals surface area contributed by atoms with Crippen molar-refractivity contribution in [1.29, 1.82) is 0 Å². The average molecular weight is 392 g/mol. The summed E-state index contributed by atoms with van der Waals surface area (Å²) in [6.07, 6.45) is 0.918. The largest absolute Gasteiger partial charge is 0.494 e. The van der Waals surface area contributed by atoms with Crippen molar-refractivity contribution < 1.29 is 19.4 Å². The first-order valence-electron chi connectivity index (χ1n) is 9.20. The lowest BCUT2D eigenvalue weighted by atomic mass is 10.1. The Morgan fingerprint density at radius 3 is 2.74 bits per heavy atom. The molecule has 2 aromatic rings. The van der Waals surface area contributed by atoms with E-state index in [4.69, 9.17) is 9.47 Å². The van der Waals surface area contributed by atoms with Crippen molar-refractivity contribution in [3.05, 3.63) is 12.1 Å². The van der Waals surface area contributed by atoms with Crippen LogP contribution in [-0.2, 0) is 4.74 Å². The molecule has 0 unspecified atom stereocenters. The van der Waals surface area contributed by atoms with Crippen LogP contribution in [0.2, 0.25) is 0 Å². The summed E-state index contributed by atoms with van der Waals surface area (Å²) >= 11 is 1.46. The SMILES string of the molecule is COc1ccc(N2CCOCC2)c2sc(NC(=O)N3CCC(O)CC3)nc12. The number of rotatable bonds is 3. The van der Waals surface area contributed by atoms with Gasteiger partial charge in [-0.15, -0.1) is 0 Å². The van der Waals surface area contributed by atoms with Crippen molar-refractivity contribution in [2.24, 2.45) is 0 Å².